The Labute approximate surface area is 63.2 Å². The first kappa shape index (κ1) is 8.61. The van der Waals surface area contributed by atoms with Crippen LogP contribution in [-0.2, 0) is 9.53 Å². The Bertz CT molecular complexity index is 148. The predicted octanol–water partition coefficient (Wildman–Crippen LogP) is -2.33. The van der Waals surface area contributed by atoms with E-state index in [1.165, 1.54) is 0 Å². The summed E-state index contributed by atoms with van der Waals surface area (Å²) in [6, 6.07) is 0. The topological polar surface area (TPSA) is 87.0 Å². The smallest absolute Gasteiger partial charge is 0.151 e. The molecule has 11 heavy (non-hydrogen) atoms. The zero-order valence-electron chi connectivity index (χ0n) is 5.75. The first-order valence-electron chi connectivity index (χ1n) is 3.28. The minimum absolute atomic E-state index is 0.0449. The fourth-order valence-electron chi connectivity index (χ4n) is 1.00. The number of rotatable bonds is 2. The van der Waals surface area contributed by atoms with Crippen molar-refractivity contribution in [1.82, 2.24) is 0 Å². The molecule has 1 aliphatic heterocycles. The molecule has 1 fully saturated rings. The van der Waals surface area contributed by atoms with E-state index in [2.05, 4.69) is 0 Å². The molecule has 1 aliphatic rings. The average Bonchev–Trinajstić information content (AvgIpc) is 2.32. The Morgan fingerprint density at radius 1 is 1.55 bits per heavy atom. The minimum Gasteiger partial charge on any atom is -0.388 e. The molecular formula is C6H10O5. The fourth-order valence-corrected chi connectivity index (χ4v) is 1.00. The molecule has 5 nitrogen and oxygen atoms in total. The second-order valence-corrected chi connectivity index (χ2v) is 2.48. The molecule has 3 N–H and O–H groups in total. The number of hydrogen-bond acceptors (Lipinski definition) is 5. The van der Waals surface area contributed by atoms with Crippen molar-refractivity contribution in [2.45, 2.75) is 24.4 Å². The number of hydrogen-bond donors (Lipinski definition) is 3. The van der Waals surface area contributed by atoms with E-state index >= 15 is 0 Å². The van der Waals surface area contributed by atoms with E-state index in [9.17, 15) is 4.79 Å². The summed E-state index contributed by atoms with van der Waals surface area (Å²) < 4.78 is 4.75. The van der Waals surface area contributed by atoms with Crippen LogP contribution in [0.2, 0.25) is 0 Å². The highest BCUT2D eigenvalue weighted by Crippen LogP contribution is 2.16. The van der Waals surface area contributed by atoms with Gasteiger partial charge in [-0.05, 0) is 0 Å². The van der Waals surface area contributed by atoms with E-state index in [0.29, 0.717) is 0 Å². The average molecular weight is 162 g/mol. The van der Waals surface area contributed by atoms with E-state index in [-0.39, 0.29) is 12.9 Å². The summed E-state index contributed by atoms with van der Waals surface area (Å²) in [5.74, 6) is 0. The molecule has 0 saturated carbocycles. The van der Waals surface area contributed by atoms with Gasteiger partial charge in [0.15, 0.2) is 6.29 Å². The molecule has 1 rings (SSSR count). The standard InChI is InChI=1S/C6H10O5/c7-1-3(8)6-5(10)4(9)2-11-6/h1,3-6,8-10H,2H2/t3-,4+,5+,6+/m0/s1. The maximum absolute atomic E-state index is 10.0. The van der Waals surface area contributed by atoms with Crippen LogP contribution >= 0.6 is 0 Å². The van der Waals surface area contributed by atoms with Crippen LogP contribution in [0, 0.1) is 0 Å². The summed E-state index contributed by atoms with van der Waals surface area (Å²) in [6.45, 7) is -0.0449. The Hall–Kier alpha value is -0.490. The summed E-state index contributed by atoms with van der Waals surface area (Å²) in [7, 11) is 0. The van der Waals surface area contributed by atoms with Crippen molar-refractivity contribution < 1.29 is 24.9 Å². The second-order valence-electron chi connectivity index (χ2n) is 2.48. The quantitative estimate of drug-likeness (QED) is 0.396. The molecule has 0 amide bonds. The molecule has 0 aromatic carbocycles. The zero-order valence-corrected chi connectivity index (χ0v) is 5.75. The first-order valence-corrected chi connectivity index (χ1v) is 3.28. The zero-order chi connectivity index (χ0) is 8.43. The van der Waals surface area contributed by atoms with Gasteiger partial charge in [0.05, 0.1) is 6.61 Å². The molecular weight excluding hydrogens is 152 g/mol. The lowest BCUT2D eigenvalue weighted by molar-refractivity contribution is -0.124. The van der Waals surface area contributed by atoms with Gasteiger partial charge in [-0.1, -0.05) is 0 Å². The van der Waals surface area contributed by atoms with Crippen molar-refractivity contribution in [3.8, 4) is 0 Å². The van der Waals surface area contributed by atoms with Crippen LogP contribution in [0.3, 0.4) is 0 Å². The van der Waals surface area contributed by atoms with Gasteiger partial charge in [0.25, 0.3) is 0 Å². The molecule has 0 aliphatic carbocycles. The van der Waals surface area contributed by atoms with Crippen LogP contribution in [-0.4, -0.2) is 52.6 Å². The monoisotopic (exact) mass is 162 g/mol. The molecule has 64 valence electrons. The van der Waals surface area contributed by atoms with Crippen LogP contribution < -0.4 is 0 Å². The van der Waals surface area contributed by atoms with Crippen molar-refractivity contribution in [2.75, 3.05) is 6.61 Å². The van der Waals surface area contributed by atoms with Crippen molar-refractivity contribution in [2.24, 2.45) is 0 Å². The first-order chi connectivity index (χ1) is 5.16. The van der Waals surface area contributed by atoms with E-state index in [1.807, 2.05) is 0 Å². The van der Waals surface area contributed by atoms with Crippen molar-refractivity contribution >= 4 is 6.29 Å². The summed E-state index contributed by atoms with van der Waals surface area (Å²) in [5, 5.41) is 26.9. The number of ether oxygens (including phenoxy) is 1. The summed E-state index contributed by atoms with van der Waals surface area (Å²) in [6.07, 6.45) is -4.25. The van der Waals surface area contributed by atoms with Crippen molar-refractivity contribution in [3.63, 3.8) is 0 Å². The van der Waals surface area contributed by atoms with Crippen molar-refractivity contribution in [3.05, 3.63) is 0 Å². The van der Waals surface area contributed by atoms with Crippen molar-refractivity contribution in [1.29, 1.82) is 0 Å². The van der Waals surface area contributed by atoms with E-state index < -0.39 is 24.4 Å². The van der Waals surface area contributed by atoms with Crippen LogP contribution in [0.5, 0.6) is 0 Å². The Morgan fingerprint density at radius 3 is 2.55 bits per heavy atom. The molecule has 4 atom stereocenters. The lowest BCUT2D eigenvalue weighted by Crippen LogP contribution is -2.39. The Balaban J connectivity index is 2.54. The van der Waals surface area contributed by atoms with Gasteiger partial charge in [-0.25, -0.2) is 0 Å². The number of carbonyl (C=O) groups excluding carboxylic acids is 1. The molecule has 1 saturated heterocycles. The normalized spacial score (nSPS) is 40.5. The molecule has 5 heteroatoms. The maximum atomic E-state index is 10.0. The third-order valence-electron chi connectivity index (χ3n) is 1.67. The lowest BCUT2D eigenvalue weighted by atomic mass is 10.1. The second kappa shape index (κ2) is 3.27. The van der Waals surface area contributed by atoms with Gasteiger partial charge in [-0.3, -0.25) is 0 Å². The molecule has 0 unspecified atom stereocenters. The lowest BCUT2D eigenvalue weighted by Gasteiger charge is -2.15. The van der Waals surface area contributed by atoms with Crippen LogP contribution in [0.4, 0.5) is 0 Å². The van der Waals surface area contributed by atoms with Crippen LogP contribution in [0.15, 0.2) is 0 Å². The summed E-state index contributed by atoms with van der Waals surface area (Å²) >= 11 is 0. The molecule has 0 bridgehead atoms. The summed E-state index contributed by atoms with van der Waals surface area (Å²) in [4.78, 5) is 10.0. The molecule has 0 aromatic heterocycles. The van der Waals surface area contributed by atoms with Gasteiger partial charge < -0.3 is 24.9 Å². The maximum Gasteiger partial charge on any atom is 0.151 e. The van der Waals surface area contributed by atoms with Gasteiger partial charge in [0, 0.05) is 0 Å². The Kier molecular flexibility index (Phi) is 2.56. The predicted molar refractivity (Wildman–Crippen MR) is 33.8 cm³/mol. The highest BCUT2D eigenvalue weighted by molar-refractivity contribution is 5.57. The van der Waals surface area contributed by atoms with E-state index in [0.717, 1.165) is 0 Å². The van der Waals surface area contributed by atoms with Gasteiger partial charge in [-0.2, -0.15) is 0 Å². The van der Waals surface area contributed by atoms with E-state index in [4.69, 9.17) is 20.1 Å². The summed E-state index contributed by atoms with van der Waals surface area (Å²) in [5.41, 5.74) is 0. The number of aliphatic hydroxyl groups is 3. The van der Waals surface area contributed by atoms with Gasteiger partial charge in [-0.15, -0.1) is 0 Å². The number of aliphatic hydroxyl groups excluding tert-OH is 3. The molecule has 1 heterocycles. The largest absolute Gasteiger partial charge is 0.388 e. The third-order valence-corrected chi connectivity index (χ3v) is 1.67. The molecule has 0 aromatic rings. The third kappa shape index (κ3) is 1.57. The van der Waals surface area contributed by atoms with Crippen LogP contribution in [0.1, 0.15) is 0 Å². The molecule has 0 spiro atoms. The van der Waals surface area contributed by atoms with Gasteiger partial charge >= 0.3 is 0 Å². The Morgan fingerprint density at radius 2 is 2.18 bits per heavy atom. The van der Waals surface area contributed by atoms with E-state index in [1.54, 1.807) is 0 Å². The highest BCUT2D eigenvalue weighted by Gasteiger charge is 2.38. The van der Waals surface area contributed by atoms with Gasteiger partial charge in [0.1, 0.15) is 24.4 Å². The number of aldehydes is 1. The fraction of sp³-hybridized carbons (Fsp3) is 0.833. The SMILES string of the molecule is O=C[C@H](O)[C@H]1OC[C@@H](O)[C@H]1O. The minimum atomic E-state index is -1.36. The highest BCUT2D eigenvalue weighted by atomic mass is 16.5. The van der Waals surface area contributed by atoms with Crippen LogP contribution in [0.25, 0.3) is 0 Å². The number of carbonyl (C=O) groups is 1. The van der Waals surface area contributed by atoms with Gasteiger partial charge in [0.2, 0.25) is 0 Å². The molecule has 0 radical (unpaired) electrons.